The van der Waals surface area contributed by atoms with Crippen molar-refractivity contribution in [2.45, 2.75) is 38.1 Å². The molecule has 0 saturated heterocycles. The fraction of sp³-hybridized carbons (Fsp3) is 0.562. The third kappa shape index (κ3) is 3.94. The van der Waals surface area contributed by atoms with Crippen LogP contribution in [0.25, 0.3) is 0 Å². The molecule has 22 heavy (non-hydrogen) atoms. The highest BCUT2D eigenvalue weighted by Crippen LogP contribution is 2.39. The number of aliphatic hydroxyl groups is 1. The van der Waals surface area contributed by atoms with Crippen LogP contribution >= 0.6 is 0 Å². The van der Waals surface area contributed by atoms with Crippen LogP contribution in [0.15, 0.2) is 18.2 Å². The van der Waals surface area contributed by atoms with Gasteiger partial charge >= 0.3 is 6.03 Å². The Bertz CT molecular complexity index is 549. The zero-order chi connectivity index (χ0) is 16.3. The van der Waals surface area contributed by atoms with Gasteiger partial charge < -0.3 is 15.7 Å². The molecule has 2 unspecified atom stereocenters. The molecule has 0 spiro atoms. The summed E-state index contributed by atoms with van der Waals surface area (Å²) in [7, 11) is 0. The van der Waals surface area contributed by atoms with Crippen LogP contribution in [-0.2, 0) is 0 Å². The van der Waals surface area contributed by atoms with Gasteiger partial charge in [0, 0.05) is 18.5 Å². The predicted molar refractivity (Wildman–Crippen MR) is 79.5 cm³/mol. The number of hydrogen-bond acceptors (Lipinski definition) is 2. The number of nitrogens with one attached hydrogen (secondary N) is 2. The Morgan fingerprint density at radius 3 is 2.68 bits per heavy atom. The molecule has 1 saturated carbocycles. The van der Waals surface area contributed by atoms with Crippen molar-refractivity contribution in [3.63, 3.8) is 0 Å². The van der Waals surface area contributed by atoms with Gasteiger partial charge in [0.05, 0.1) is 12.1 Å². The van der Waals surface area contributed by atoms with E-state index >= 15 is 0 Å². The number of carbonyl (C=O) groups excluding carboxylic acids is 1. The van der Waals surface area contributed by atoms with Crippen molar-refractivity contribution in [1.82, 2.24) is 10.6 Å². The molecule has 0 aromatic heterocycles. The first-order valence-electron chi connectivity index (χ1n) is 7.47. The molecule has 1 aromatic rings. The zero-order valence-corrected chi connectivity index (χ0v) is 12.8. The van der Waals surface area contributed by atoms with Crippen LogP contribution in [0, 0.1) is 17.6 Å². The average molecular weight is 312 g/mol. The molecule has 0 bridgehead atoms. The van der Waals surface area contributed by atoms with Gasteiger partial charge in [0.25, 0.3) is 0 Å². The van der Waals surface area contributed by atoms with E-state index in [2.05, 4.69) is 10.6 Å². The van der Waals surface area contributed by atoms with E-state index in [1.165, 1.54) is 12.1 Å². The minimum absolute atomic E-state index is 0.118. The lowest BCUT2D eigenvalue weighted by molar-refractivity contribution is 0.155. The Kier molecular flexibility index (Phi) is 5.01. The molecule has 3 N–H and O–H groups in total. The Morgan fingerprint density at radius 1 is 1.45 bits per heavy atom. The predicted octanol–water partition coefficient (Wildman–Crippen LogP) is 2.53. The van der Waals surface area contributed by atoms with Gasteiger partial charge in [-0.2, -0.15) is 0 Å². The third-order valence-electron chi connectivity index (χ3n) is 4.27. The molecule has 2 rings (SSSR count). The first kappa shape index (κ1) is 16.7. The van der Waals surface area contributed by atoms with Crippen LogP contribution in [-0.4, -0.2) is 29.8 Å². The number of hydrogen-bond donors (Lipinski definition) is 3. The van der Waals surface area contributed by atoms with Crippen molar-refractivity contribution >= 4 is 6.03 Å². The smallest absolute Gasteiger partial charge is 0.315 e. The first-order valence-corrected chi connectivity index (χ1v) is 7.47. The maximum atomic E-state index is 13.7. The summed E-state index contributed by atoms with van der Waals surface area (Å²) >= 11 is 0. The van der Waals surface area contributed by atoms with Gasteiger partial charge in [-0.3, -0.25) is 0 Å². The van der Waals surface area contributed by atoms with Crippen molar-refractivity contribution in [3.8, 4) is 0 Å². The van der Waals surface area contributed by atoms with Gasteiger partial charge in [0.15, 0.2) is 0 Å². The van der Waals surface area contributed by atoms with Crippen LogP contribution in [0.3, 0.4) is 0 Å². The van der Waals surface area contributed by atoms with Gasteiger partial charge in [-0.1, -0.05) is 13.0 Å². The molecule has 2 amide bonds. The van der Waals surface area contributed by atoms with E-state index < -0.39 is 23.2 Å². The summed E-state index contributed by atoms with van der Waals surface area (Å²) < 4.78 is 26.6. The van der Waals surface area contributed by atoms with E-state index in [1.54, 1.807) is 6.92 Å². The minimum Gasteiger partial charge on any atom is -0.394 e. The molecule has 0 radical (unpaired) electrons. The van der Waals surface area contributed by atoms with Gasteiger partial charge in [-0.15, -0.1) is 0 Å². The molecule has 4 nitrogen and oxygen atoms in total. The van der Waals surface area contributed by atoms with E-state index in [0.717, 1.165) is 18.9 Å². The van der Waals surface area contributed by atoms with Crippen molar-refractivity contribution in [1.29, 1.82) is 0 Å². The molecular formula is C16H22F2N2O2. The number of amides is 2. The lowest BCUT2D eigenvalue weighted by Gasteiger charge is -2.29. The molecule has 1 aliphatic rings. The van der Waals surface area contributed by atoms with Gasteiger partial charge in [0.2, 0.25) is 0 Å². The van der Waals surface area contributed by atoms with Crippen LogP contribution < -0.4 is 10.6 Å². The lowest BCUT2D eigenvalue weighted by Crippen LogP contribution is -2.54. The highest BCUT2D eigenvalue weighted by Gasteiger charge is 2.42. The number of carbonyl (C=O) groups is 1. The second-order valence-electron chi connectivity index (χ2n) is 6.25. The summed E-state index contributed by atoms with van der Waals surface area (Å²) in [6.07, 6.45) is 1.99. The van der Waals surface area contributed by atoms with E-state index in [-0.39, 0.29) is 19.1 Å². The van der Waals surface area contributed by atoms with E-state index in [4.69, 9.17) is 0 Å². The summed E-state index contributed by atoms with van der Waals surface area (Å²) in [6.45, 7) is 3.67. The molecule has 1 fully saturated rings. The van der Waals surface area contributed by atoms with Crippen molar-refractivity contribution in [2.24, 2.45) is 5.92 Å². The maximum Gasteiger partial charge on any atom is 0.315 e. The second kappa shape index (κ2) is 6.60. The Hall–Kier alpha value is -1.69. The van der Waals surface area contributed by atoms with Crippen LogP contribution in [0.2, 0.25) is 0 Å². The van der Waals surface area contributed by atoms with Crippen molar-refractivity contribution < 1.29 is 18.7 Å². The number of halogens is 2. The average Bonchev–Trinajstić information content (AvgIpc) is 3.29. The summed E-state index contributed by atoms with van der Waals surface area (Å²) in [6, 6.07) is 3.03. The molecule has 0 heterocycles. The Labute approximate surface area is 128 Å². The topological polar surface area (TPSA) is 61.4 Å². The summed E-state index contributed by atoms with van der Waals surface area (Å²) in [5, 5.41) is 14.9. The third-order valence-corrected chi connectivity index (χ3v) is 4.27. The summed E-state index contributed by atoms with van der Waals surface area (Å²) in [4.78, 5) is 11.9. The number of aliphatic hydroxyl groups excluding tert-OH is 1. The highest BCUT2D eigenvalue weighted by atomic mass is 19.1. The number of rotatable bonds is 6. The van der Waals surface area contributed by atoms with E-state index in [0.29, 0.717) is 11.5 Å². The lowest BCUT2D eigenvalue weighted by atomic mass is 9.97. The monoisotopic (exact) mass is 312 g/mol. The Balaban J connectivity index is 1.87. The molecule has 6 heteroatoms. The summed E-state index contributed by atoms with van der Waals surface area (Å²) in [5.74, 6) is -1.22. The second-order valence-corrected chi connectivity index (χ2v) is 6.25. The van der Waals surface area contributed by atoms with Gasteiger partial charge in [-0.05, 0) is 37.3 Å². The van der Waals surface area contributed by atoms with Gasteiger partial charge in [0.1, 0.15) is 11.6 Å². The molecule has 2 atom stereocenters. The van der Waals surface area contributed by atoms with Gasteiger partial charge in [-0.25, -0.2) is 13.6 Å². The SMILES string of the molecule is CC(CNC(=O)NC(C)(CO)C1CC1)c1ccc(F)cc1F. The van der Waals surface area contributed by atoms with E-state index in [9.17, 15) is 18.7 Å². The van der Waals surface area contributed by atoms with Crippen molar-refractivity contribution in [3.05, 3.63) is 35.4 Å². The standard InChI is InChI=1S/C16H22F2N2O2/c1-10(13-6-5-12(17)7-14(13)18)8-19-15(22)20-16(2,9-21)11-3-4-11/h5-7,10-11,21H,3-4,8-9H2,1-2H3,(H2,19,20,22). The van der Waals surface area contributed by atoms with E-state index in [1.807, 2.05) is 6.92 Å². The molecule has 0 aliphatic heterocycles. The molecule has 122 valence electrons. The number of urea groups is 1. The minimum atomic E-state index is -0.623. The quantitative estimate of drug-likeness (QED) is 0.756. The largest absolute Gasteiger partial charge is 0.394 e. The van der Waals surface area contributed by atoms with Crippen molar-refractivity contribution in [2.75, 3.05) is 13.2 Å². The Morgan fingerprint density at radius 2 is 2.14 bits per heavy atom. The normalized spacial score (nSPS) is 18.4. The zero-order valence-electron chi connectivity index (χ0n) is 12.8. The fourth-order valence-corrected chi connectivity index (χ4v) is 2.55. The molecule has 1 aliphatic carbocycles. The fourth-order valence-electron chi connectivity index (χ4n) is 2.55. The number of benzene rings is 1. The van der Waals surface area contributed by atoms with Crippen LogP contribution in [0.5, 0.6) is 0 Å². The molecular weight excluding hydrogens is 290 g/mol. The highest BCUT2D eigenvalue weighted by molar-refractivity contribution is 5.75. The maximum absolute atomic E-state index is 13.7. The summed E-state index contributed by atoms with van der Waals surface area (Å²) in [5.41, 5.74) is -0.261. The van der Waals surface area contributed by atoms with Crippen LogP contribution in [0.1, 0.15) is 38.2 Å². The molecule has 1 aromatic carbocycles. The van der Waals surface area contributed by atoms with Crippen LogP contribution in [0.4, 0.5) is 13.6 Å². The first-order chi connectivity index (χ1) is 10.4.